The lowest BCUT2D eigenvalue weighted by Crippen LogP contribution is -2.48. The van der Waals surface area contributed by atoms with Crippen molar-refractivity contribution in [2.45, 2.75) is 24.3 Å². The van der Waals surface area contributed by atoms with E-state index < -0.39 is 11.0 Å². The third-order valence-corrected chi connectivity index (χ3v) is 7.87. The first-order valence-electron chi connectivity index (χ1n) is 11.4. The highest BCUT2D eigenvalue weighted by Gasteiger charge is 2.25. The van der Waals surface area contributed by atoms with Crippen LogP contribution in [0.4, 0.5) is 0 Å². The van der Waals surface area contributed by atoms with Crippen LogP contribution in [-0.4, -0.2) is 70.9 Å². The quantitative estimate of drug-likeness (QED) is 0.441. The molecule has 4 heterocycles. The summed E-state index contributed by atoms with van der Waals surface area (Å²) in [4.78, 5) is 14.9. The molecule has 9 nitrogen and oxygen atoms in total. The summed E-state index contributed by atoms with van der Waals surface area (Å²) in [6, 6.07) is 11.5. The summed E-state index contributed by atoms with van der Waals surface area (Å²) in [5.41, 5.74) is 3.14. The number of fused-ring (bicyclic) bond motifs is 1. The maximum atomic E-state index is 13.0. The smallest absolute Gasteiger partial charge is 0.141 e. The van der Waals surface area contributed by atoms with Crippen molar-refractivity contribution in [3.05, 3.63) is 60.8 Å². The third-order valence-electron chi connectivity index (χ3n) is 6.30. The van der Waals surface area contributed by atoms with Gasteiger partial charge in [0.2, 0.25) is 0 Å². The van der Waals surface area contributed by atoms with E-state index in [0.29, 0.717) is 23.5 Å². The molecule has 10 heteroatoms. The number of nitriles is 1. The van der Waals surface area contributed by atoms with Gasteiger partial charge in [0.15, 0.2) is 0 Å². The van der Waals surface area contributed by atoms with Gasteiger partial charge in [-0.2, -0.15) is 10.4 Å². The zero-order chi connectivity index (χ0) is 23.5. The van der Waals surface area contributed by atoms with E-state index in [1.807, 2.05) is 33.5 Å². The second-order valence-electron chi connectivity index (χ2n) is 8.32. The molecule has 2 unspecified atom stereocenters. The summed E-state index contributed by atoms with van der Waals surface area (Å²) < 4.78 is 17.0. The van der Waals surface area contributed by atoms with Gasteiger partial charge in [-0.15, -0.1) is 0 Å². The monoisotopic (exact) mass is 474 g/mol. The number of nitrogens with zero attached hydrogens (tertiary/aromatic N) is 7. The fourth-order valence-corrected chi connectivity index (χ4v) is 5.66. The number of rotatable bonds is 7. The molecule has 3 aromatic heterocycles. The summed E-state index contributed by atoms with van der Waals surface area (Å²) in [7, 11) is -1.32. The van der Waals surface area contributed by atoms with Crippen LogP contribution in [0.3, 0.4) is 0 Å². The fourth-order valence-electron chi connectivity index (χ4n) is 4.39. The molecule has 1 saturated heterocycles. The molecule has 1 fully saturated rings. The first-order chi connectivity index (χ1) is 16.7. The van der Waals surface area contributed by atoms with Crippen LogP contribution in [0.5, 0.6) is 0 Å². The SMILES string of the molecule is CCC(CN1CCN(S(=O)c2ccccc2C#N)CC1)n1cc(-c2ncnc3[nH]ccc23)cn1. The second kappa shape index (κ2) is 9.85. The van der Waals surface area contributed by atoms with Crippen LogP contribution in [0, 0.1) is 11.3 Å². The molecule has 0 spiro atoms. The Morgan fingerprint density at radius 2 is 2.00 bits per heavy atom. The Bertz CT molecular complexity index is 1350. The van der Waals surface area contributed by atoms with E-state index in [2.05, 4.69) is 44.1 Å². The number of benzene rings is 1. The van der Waals surface area contributed by atoms with Gasteiger partial charge < -0.3 is 4.98 Å². The lowest BCUT2D eigenvalue weighted by atomic mass is 10.1. The molecule has 34 heavy (non-hydrogen) atoms. The molecule has 1 aliphatic heterocycles. The van der Waals surface area contributed by atoms with Crippen LogP contribution in [0.2, 0.25) is 0 Å². The summed E-state index contributed by atoms with van der Waals surface area (Å²) >= 11 is 0. The fraction of sp³-hybridized carbons (Fsp3) is 0.333. The molecule has 1 aliphatic rings. The number of aromatic nitrogens is 5. The summed E-state index contributed by atoms with van der Waals surface area (Å²) in [5.74, 6) is 0. The van der Waals surface area contributed by atoms with Gasteiger partial charge >= 0.3 is 0 Å². The Labute approximate surface area is 200 Å². The Hall–Kier alpha value is -3.39. The van der Waals surface area contributed by atoms with Crippen molar-refractivity contribution in [1.82, 2.24) is 33.9 Å². The Balaban J connectivity index is 1.24. The summed E-state index contributed by atoms with van der Waals surface area (Å²) in [6.07, 6.45) is 8.32. The van der Waals surface area contributed by atoms with Crippen molar-refractivity contribution in [1.29, 1.82) is 5.26 Å². The van der Waals surface area contributed by atoms with Gasteiger partial charge in [-0.05, 0) is 24.6 Å². The van der Waals surface area contributed by atoms with Crippen molar-refractivity contribution < 1.29 is 4.21 Å². The molecule has 5 rings (SSSR count). The zero-order valence-corrected chi connectivity index (χ0v) is 19.8. The van der Waals surface area contributed by atoms with E-state index in [0.717, 1.165) is 48.3 Å². The molecule has 0 bridgehead atoms. The van der Waals surface area contributed by atoms with E-state index in [9.17, 15) is 9.47 Å². The van der Waals surface area contributed by atoms with Crippen molar-refractivity contribution >= 4 is 22.0 Å². The molecular formula is C24H26N8OS. The first-order valence-corrected chi connectivity index (χ1v) is 12.5. The number of hydrogen-bond acceptors (Lipinski definition) is 6. The largest absolute Gasteiger partial charge is 0.346 e. The van der Waals surface area contributed by atoms with Gasteiger partial charge in [-0.1, -0.05) is 19.1 Å². The highest BCUT2D eigenvalue weighted by Crippen LogP contribution is 2.26. The number of hydrogen-bond donors (Lipinski definition) is 1. The normalized spacial score (nSPS) is 16.9. The van der Waals surface area contributed by atoms with E-state index in [1.54, 1.807) is 24.5 Å². The van der Waals surface area contributed by atoms with E-state index in [1.165, 1.54) is 0 Å². The van der Waals surface area contributed by atoms with Gasteiger partial charge in [0.05, 0.1) is 28.4 Å². The van der Waals surface area contributed by atoms with Crippen LogP contribution >= 0.6 is 0 Å². The average molecular weight is 475 g/mol. The van der Waals surface area contributed by atoms with Crippen LogP contribution in [0.25, 0.3) is 22.3 Å². The van der Waals surface area contributed by atoms with E-state index >= 15 is 0 Å². The summed E-state index contributed by atoms with van der Waals surface area (Å²) in [6.45, 7) is 6.07. The van der Waals surface area contributed by atoms with E-state index in [4.69, 9.17) is 0 Å². The van der Waals surface area contributed by atoms with Crippen LogP contribution in [0.1, 0.15) is 24.9 Å². The molecule has 1 N–H and O–H groups in total. The molecule has 2 atom stereocenters. The number of nitrogens with one attached hydrogen (secondary N) is 1. The third kappa shape index (κ3) is 4.37. The predicted molar refractivity (Wildman–Crippen MR) is 130 cm³/mol. The molecule has 1 aromatic carbocycles. The minimum Gasteiger partial charge on any atom is -0.346 e. The molecule has 174 valence electrons. The molecule has 0 aliphatic carbocycles. The lowest BCUT2D eigenvalue weighted by Gasteiger charge is -2.35. The molecular weight excluding hydrogens is 448 g/mol. The molecule has 4 aromatic rings. The van der Waals surface area contributed by atoms with Crippen molar-refractivity contribution in [3.63, 3.8) is 0 Å². The molecule has 0 amide bonds. The first kappa shape index (κ1) is 22.4. The van der Waals surface area contributed by atoms with E-state index in [-0.39, 0.29) is 6.04 Å². The van der Waals surface area contributed by atoms with Gasteiger partial charge in [0, 0.05) is 56.1 Å². The van der Waals surface area contributed by atoms with Gasteiger partial charge in [0.25, 0.3) is 0 Å². The minimum atomic E-state index is -1.32. The molecule has 0 saturated carbocycles. The maximum Gasteiger partial charge on any atom is 0.141 e. The van der Waals surface area contributed by atoms with Crippen LogP contribution in [0.15, 0.2) is 60.1 Å². The Morgan fingerprint density at radius 3 is 2.79 bits per heavy atom. The second-order valence-corrected chi connectivity index (χ2v) is 9.77. The topological polar surface area (TPSA) is 107 Å². The van der Waals surface area contributed by atoms with Crippen LogP contribution in [-0.2, 0) is 11.0 Å². The van der Waals surface area contributed by atoms with Crippen LogP contribution < -0.4 is 0 Å². The highest BCUT2D eigenvalue weighted by atomic mass is 32.2. The summed E-state index contributed by atoms with van der Waals surface area (Å²) in [5, 5.41) is 15.0. The number of H-pyrrole nitrogens is 1. The maximum absolute atomic E-state index is 13.0. The molecule has 0 radical (unpaired) electrons. The standard InChI is InChI=1S/C24H26N8OS/c1-2-20(32-15-19(14-29-32)23-21-7-8-26-24(21)28-17-27-23)16-30-9-11-31(12-10-30)34(33)22-6-4-3-5-18(22)13-25/h3-8,14-15,17,20H,2,9-12,16H2,1H3,(H,26,27,28). The van der Waals surface area contributed by atoms with Gasteiger partial charge in [-0.3, -0.25) is 9.58 Å². The highest BCUT2D eigenvalue weighted by molar-refractivity contribution is 7.82. The number of piperazine rings is 1. The van der Waals surface area contributed by atoms with Gasteiger partial charge in [-0.25, -0.2) is 18.5 Å². The zero-order valence-electron chi connectivity index (χ0n) is 19.0. The Morgan fingerprint density at radius 1 is 1.18 bits per heavy atom. The van der Waals surface area contributed by atoms with Crippen molar-refractivity contribution in [2.24, 2.45) is 0 Å². The minimum absolute atomic E-state index is 0.230. The Kier molecular flexibility index (Phi) is 6.49. The average Bonchev–Trinajstić information content (AvgIpc) is 3.57. The van der Waals surface area contributed by atoms with Crippen molar-refractivity contribution in [2.75, 3.05) is 32.7 Å². The predicted octanol–water partition coefficient (Wildman–Crippen LogP) is 2.98. The van der Waals surface area contributed by atoms with Gasteiger partial charge in [0.1, 0.15) is 29.0 Å². The number of aromatic amines is 1. The van der Waals surface area contributed by atoms with Crippen molar-refractivity contribution in [3.8, 4) is 17.3 Å². The lowest BCUT2D eigenvalue weighted by molar-refractivity contribution is 0.163.